The first-order chi connectivity index (χ1) is 8.19. The van der Waals surface area contributed by atoms with Crippen LogP contribution in [0.2, 0.25) is 0 Å². The number of nitriles is 1. The molecule has 0 atom stereocenters. The van der Waals surface area contributed by atoms with Gasteiger partial charge >= 0.3 is 0 Å². The fourth-order valence-corrected chi connectivity index (χ4v) is 3.18. The highest BCUT2D eigenvalue weighted by atomic mass is 79.9. The number of rotatable bonds is 3. The van der Waals surface area contributed by atoms with Gasteiger partial charge in [0, 0.05) is 0 Å². The normalized spacial score (nSPS) is 17.7. The van der Waals surface area contributed by atoms with E-state index < -0.39 is 0 Å². The molecule has 3 heteroatoms. The van der Waals surface area contributed by atoms with Crippen LogP contribution in [0.3, 0.4) is 0 Å². The molecule has 0 aromatic heterocycles. The molecule has 1 saturated carbocycles. The molecule has 0 aliphatic heterocycles. The van der Waals surface area contributed by atoms with Crippen LogP contribution in [0.5, 0.6) is 5.75 Å². The minimum atomic E-state index is -0.131. The van der Waals surface area contributed by atoms with Crippen LogP contribution in [0.25, 0.3) is 0 Å². The molecule has 2 nitrogen and oxygen atoms in total. The van der Waals surface area contributed by atoms with E-state index in [0.29, 0.717) is 0 Å². The SMILES string of the molecule is COc1ccc(CC2(C#N)CCCC2)cc1Br. The summed E-state index contributed by atoms with van der Waals surface area (Å²) in [6.45, 7) is 0. The molecular formula is C14H16BrNO. The molecule has 0 heterocycles. The first-order valence-corrected chi connectivity index (χ1v) is 6.72. The van der Waals surface area contributed by atoms with Crippen LogP contribution in [-0.4, -0.2) is 7.11 Å². The third kappa shape index (κ3) is 2.63. The van der Waals surface area contributed by atoms with Crippen molar-refractivity contribution in [3.05, 3.63) is 28.2 Å². The second-order valence-corrected chi connectivity index (χ2v) is 5.60. The van der Waals surface area contributed by atoms with Gasteiger partial charge in [-0.05, 0) is 52.9 Å². The second kappa shape index (κ2) is 5.10. The number of halogens is 1. The van der Waals surface area contributed by atoms with Gasteiger partial charge in [0.05, 0.1) is 23.1 Å². The van der Waals surface area contributed by atoms with Crippen LogP contribution in [-0.2, 0) is 6.42 Å². The Bertz CT molecular complexity index is 444. The largest absolute Gasteiger partial charge is 0.496 e. The molecule has 0 radical (unpaired) electrons. The van der Waals surface area contributed by atoms with E-state index in [2.05, 4.69) is 34.1 Å². The van der Waals surface area contributed by atoms with Gasteiger partial charge in [0.15, 0.2) is 0 Å². The molecule has 17 heavy (non-hydrogen) atoms. The molecular weight excluding hydrogens is 278 g/mol. The number of benzene rings is 1. The first-order valence-electron chi connectivity index (χ1n) is 5.93. The Morgan fingerprint density at radius 2 is 2.12 bits per heavy atom. The highest BCUT2D eigenvalue weighted by Crippen LogP contribution is 2.41. The summed E-state index contributed by atoms with van der Waals surface area (Å²) in [7, 11) is 1.66. The maximum Gasteiger partial charge on any atom is 0.133 e. The molecule has 1 aromatic carbocycles. The van der Waals surface area contributed by atoms with Crippen molar-refractivity contribution in [1.82, 2.24) is 0 Å². The zero-order valence-electron chi connectivity index (χ0n) is 10.0. The maximum absolute atomic E-state index is 9.36. The van der Waals surface area contributed by atoms with Crippen molar-refractivity contribution in [2.75, 3.05) is 7.11 Å². The molecule has 0 spiro atoms. The van der Waals surface area contributed by atoms with Gasteiger partial charge in [0.2, 0.25) is 0 Å². The number of hydrogen-bond donors (Lipinski definition) is 0. The van der Waals surface area contributed by atoms with Crippen molar-refractivity contribution in [1.29, 1.82) is 5.26 Å². The first kappa shape index (κ1) is 12.4. The van der Waals surface area contributed by atoms with E-state index in [9.17, 15) is 5.26 Å². The Labute approximate surface area is 111 Å². The fraction of sp³-hybridized carbons (Fsp3) is 0.500. The van der Waals surface area contributed by atoms with E-state index in [1.165, 1.54) is 18.4 Å². The lowest BCUT2D eigenvalue weighted by Crippen LogP contribution is -2.16. The maximum atomic E-state index is 9.36. The minimum absolute atomic E-state index is 0.131. The molecule has 0 N–H and O–H groups in total. The standard InChI is InChI=1S/C14H16BrNO/c1-17-13-5-4-11(8-12(13)15)9-14(10-16)6-2-3-7-14/h4-5,8H,2-3,6-7,9H2,1H3. The highest BCUT2D eigenvalue weighted by Gasteiger charge is 2.34. The van der Waals surface area contributed by atoms with E-state index in [1.807, 2.05) is 6.07 Å². The molecule has 90 valence electrons. The van der Waals surface area contributed by atoms with Crippen LogP contribution < -0.4 is 4.74 Å². The Kier molecular flexibility index (Phi) is 3.73. The molecule has 2 rings (SSSR count). The lowest BCUT2D eigenvalue weighted by Gasteiger charge is -2.20. The average Bonchev–Trinajstić information content (AvgIpc) is 2.79. The smallest absolute Gasteiger partial charge is 0.133 e. The quantitative estimate of drug-likeness (QED) is 0.841. The molecule has 1 fully saturated rings. The number of hydrogen-bond acceptors (Lipinski definition) is 2. The molecule has 0 saturated heterocycles. The van der Waals surface area contributed by atoms with Crippen LogP contribution >= 0.6 is 15.9 Å². The predicted molar refractivity (Wildman–Crippen MR) is 70.9 cm³/mol. The monoisotopic (exact) mass is 293 g/mol. The van der Waals surface area contributed by atoms with Crippen molar-refractivity contribution < 1.29 is 4.74 Å². The van der Waals surface area contributed by atoms with Crippen LogP contribution in [0.15, 0.2) is 22.7 Å². The summed E-state index contributed by atoms with van der Waals surface area (Å²) >= 11 is 3.49. The summed E-state index contributed by atoms with van der Waals surface area (Å²) in [6, 6.07) is 8.61. The second-order valence-electron chi connectivity index (χ2n) is 4.74. The van der Waals surface area contributed by atoms with E-state index in [-0.39, 0.29) is 5.41 Å². The number of methoxy groups -OCH3 is 1. The Hall–Kier alpha value is -1.01. The molecule has 1 aliphatic rings. The van der Waals surface area contributed by atoms with Crippen molar-refractivity contribution >= 4 is 15.9 Å². The van der Waals surface area contributed by atoms with Crippen LogP contribution in [0, 0.1) is 16.7 Å². The molecule has 1 aromatic rings. The van der Waals surface area contributed by atoms with Crippen LogP contribution in [0.4, 0.5) is 0 Å². The van der Waals surface area contributed by atoms with Gasteiger partial charge in [-0.15, -0.1) is 0 Å². The van der Waals surface area contributed by atoms with Gasteiger partial charge in [-0.2, -0.15) is 5.26 Å². The number of nitrogens with zero attached hydrogens (tertiary/aromatic N) is 1. The van der Waals surface area contributed by atoms with Crippen LogP contribution in [0.1, 0.15) is 31.2 Å². The van der Waals surface area contributed by atoms with Gasteiger partial charge in [-0.25, -0.2) is 0 Å². The van der Waals surface area contributed by atoms with Crippen molar-refractivity contribution in [3.63, 3.8) is 0 Å². The Morgan fingerprint density at radius 1 is 1.41 bits per heavy atom. The lowest BCUT2D eigenvalue weighted by molar-refractivity contribution is 0.403. The molecule has 0 amide bonds. The van der Waals surface area contributed by atoms with Crippen molar-refractivity contribution in [3.8, 4) is 11.8 Å². The van der Waals surface area contributed by atoms with Gasteiger partial charge in [-0.1, -0.05) is 18.9 Å². The Balaban J connectivity index is 2.19. The summed E-state index contributed by atoms with van der Waals surface area (Å²) in [5, 5.41) is 9.36. The summed E-state index contributed by atoms with van der Waals surface area (Å²) in [6.07, 6.45) is 5.29. The van der Waals surface area contributed by atoms with E-state index in [1.54, 1.807) is 7.11 Å². The third-order valence-corrected chi connectivity index (χ3v) is 4.18. The van der Waals surface area contributed by atoms with Gasteiger partial charge < -0.3 is 4.74 Å². The number of ether oxygens (including phenoxy) is 1. The predicted octanol–water partition coefficient (Wildman–Crippen LogP) is 4.08. The third-order valence-electron chi connectivity index (χ3n) is 3.56. The lowest BCUT2D eigenvalue weighted by atomic mass is 9.81. The highest BCUT2D eigenvalue weighted by molar-refractivity contribution is 9.10. The summed E-state index contributed by atoms with van der Waals surface area (Å²) in [4.78, 5) is 0. The van der Waals surface area contributed by atoms with E-state index >= 15 is 0 Å². The zero-order valence-corrected chi connectivity index (χ0v) is 11.6. The topological polar surface area (TPSA) is 33.0 Å². The fourth-order valence-electron chi connectivity index (χ4n) is 2.59. The summed E-state index contributed by atoms with van der Waals surface area (Å²) in [5.41, 5.74) is 1.08. The van der Waals surface area contributed by atoms with Gasteiger partial charge in [0.25, 0.3) is 0 Å². The van der Waals surface area contributed by atoms with E-state index in [0.717, 1.165) is 29.5 Å². The Morgan fingerprint density at radius 3 is 2.65 bits per heavy atom. The molecule has 0 unspecified atom stereocenters. The average molecular weight is 294 g/mol. The minimum Gasteiger partial charge on any atom is -0.496 e. The zero-order chi connectivity index (χ0) is 12.3. The summed E-state index contributed by atoms with van der Waals surface area (Å²) < 4.78 is 6.17. The van der Waals surface area contributed by atoms with Crippen molar-refractivity contribution in [2.45, 2.75) is 32.1 Å². The van der Waals surface area contributed by atoms with E-state index in [4.69, 9.17) is 4.74 Å². The van der Waals surface area contributed by atoms with Crippen molar-refractivity contribution in [2.24, 2.45) is 5.41 Å². The molecule has 0 bridgehead atoms. The summed E-state index contributed by atoms with van der Waals surface area (Å²) in [5.74, 6) is 0.839. The molecule has 1 aliphatic carbocycles. The van der Waals surface area contributed by atoms with Gasteiger partial charge in [-0.3, -0.25) is 0 Å². The van der Waals surface area contributed by atoms with Gasteiger partial charge in [0.1, 0.15) is 5.75 Å².